The van der Waals surface area contributed by atoms with Gasteiger partial charge in [0.05, 0.1) is 5.02 Å². The first-order chi connectivity index (χ1) is 9.99. The van der Waals surface area contributed by atoms with Gasteiger partial charge in [0.25, 0.3) is 0 Å². The average Bonchev–Trinajstić information content (AvgIpc) is 2.44. The first kappa shape index (κ1) is 16.3. The Morgan fingerprint density at radius 3 is 2.57 bits per heavy atom. The molecule has 1 atom stereocenters. The fraction of sp³-hybridized carbons (Fsp3) is 0.294. The predicted octanol–water partition coefficient (Wildman–Crippen LogP) is 5.33. The van der Waals surface area contributed by atoms with Gasteiger partial charge in [-0.05, 0) is 55.6 Å². The van der Waals surface area contributed by atoms with Gasteiger partial charge in [-0.25, -0.2) is 4.39 Å². The predicted molar refractivity (Wildman–Crippen MR) is 87.7 cm³/mol. The summed E-state index contributed by atoms with van der Waals surface area (Å²) in [5.41, 5.74) is 3.32. The van der Waals surface area contributed by atoms with E-state index in [0.29, 0.717) is 5.02 Å². The van der Waals surface area contributed by atoms with E-state index in [1.54, 1.807) is 0 Å². The van der Waals surface area contributed by atoms with E-state index < -0.39 is 5.82 Å². The molecular weight excluding hydrogens is 308 g/mol. The highest BCUT2D eigenvalue weighted by atomic mass is 35.5. The van der Waals surface area contributed by atoms with Crippen molar-refractivity contribution in [1.29, 1.82) is 0 Å². The van der Waals surface area contributed by atoms with Gasteiger partial charge in [-0.3, -0.25) is 0 Å². The van der Waals surface area contributed by atoms with E-state index in [0.717, 1.165) is 18.5 Å². The number of aryl methyl sites for hydroxylation is 1. The summed E-state index contributed by atoms with van der Waals surface area (Å²) < 4.78 is 13.5. The Morgan fingerprint density at radius 2 is 1.86 bits per heavy atom. The molecule has 0 spiro atoms. The third-order valence-electron chi connectivity index (χ3n) is 3.61. The van der Waals surface area contributed by atoms with Gasteiger partial charge in [0.2, 0.25) is 0 Å². The molecule has 0 bridgehead atoms. The van der Waals surface area contributed by atoms with Crippen molar-refractivity contribution < 1.29 is 4.39 Å². The van der Waals surface area contributed by atoms with E-state index in [2.05, 4.69) is 24.4 Å². The molecule has 0 aliphatic heterocycles. The first-order valence-corrected chi connectivity index (χ1v) is 7.67. The van der Waals surface area contributed by atoms with Crippen LogP contribution in [0.15, 0.2) is 36.4 Å². The summed E-state index contributed by atoms with van der Waals surface area (Å²) in [6, 6.07) is 11.1. The average molecular weight is 326 g/mol. The maximum Gasteiger partial charge on any atom is 0.142 e. The van der Waals surface area contributed by atoms with E-state index in [-0.39, 0.29) is 11.1 Å². The van der Waals surface area contributed by atoms with Crippen molar-refractivity contribution in [2.75, 3.05) is 6.54 Å². The topological polar surface area (TPSA) is 12.0 Å². The maximum atomic E-state index is 13.5. The molecule has 0 saturated heterocycles. The Hall–Kier alpha value is -1.09. The molecule has 1 N–H and O–H groups in total. The van der Waals surface area contributed by atoms with Crippen LogP contribution in [0.4, 0.5) is 4.39 Å². The number of nitrogens with one attached hydrogen (secondary N) is 1. The third-order valence-corrected chi connectivity index (χ3v) is 4.23. The standard InChI is InChI=1S/C17H18Cl2FN/c1-11-5-3-4-6-13(11)7-8-21-12(2)14-9-17(20)16(19)10-15(14)18/h3-6,9-10,12,21H,7-8H2,1-2H3. The quantitative estimate of drug-likeness (QED) is 0.732. The minimum absolute atomic E-state index is 0.0340. The van der Waals surface area contributed by atoms with Crippen LogP contribution in [0.2, 0.25) is 10.0 Å². The van der Waals surface area contributed by atoms with Crippen LogP contribution in [0.1, 0.15) is 29.7 Å². The second-order valence-corrected chi connectivity index (χ2v) is 5.95. The number of hydrogen-bond donors (Lipinski definition) is 1. The molecule has 2 aromatic rings. The maximum absolute atomic E-state index is 13.5. The summed E-state index contributed by atoms with van der Waals surface area (Å²) in [6.45, 7) is 4.86. The van der Waals surface area contributed by atoms with Crippen LogP contribution in [-0.2, 0) is 6.42 Å². The zero-order valence-electron chi connectivity index (χ0n) is 12.1. The molecule has 0 fully saturated rings. The van der Waals surface area contributed by atoms with Crippen molar-refractivity contribution in [3.63, 3.8) is 0 Å². The molecule has 0 heterocycles. The summed E-state index contributed by atoms with van der Waals surface area (Å²) in [4.78, 5) is 0. The molecule has 21 heavy (non-hydrogen) atoms. The summed E-state index contributed by atoms with van der Waals surface area (Å²) in [5, 5.41) is 3.90. The van der Waals surface area contributed by atoms with Crippen LogP contribution in [0.25, 0.3) is 0 Å². The zero-order chi connectivity index (χ0) is 15.4. The van der Waals surface area contributed by atoms with E-state index in [1.165, 1.54) is 23.3 Å². The lowest BCUT2D eigenvalue weighted by atomic mass is 10.0. The molecular formula is C17H18Cl2FN. The van der Waals surface area contributed by atoms with Crippen molar-refractivity contribution in [2.45, 2.75) is 26.3 Å². The highest BCUT2D eigenvalue weighted by Gasteiger charge is 2.13. The first-order valence-electron chi connectivity index (χ1n) is 6.91. The van der Waals surface area contributed by atoms with E-state index in [4.69, 9.17) is 23.2 Å². The number of benzene rings is 2. The van der Waals surface area contributed by atoms with Gasteiger partial charge in [0.1, 0.15) is 5.82 Å². The van der Waals surface area contributed by atoms with Crippen molar-refractivity contribution in [1.82, 2.24) is 5.32 Å². The van der Waals surface area contributed by atoms with Crippen molar-refractivity contribution in [3.8, 4) is 0 Å². The number of halogens is 3. The lowest BCUT2D eigenvalue weighted by Gasteiger charge is -2.16. The molecule has 2 rings (SSSR count). The van der Waals surface area contributed by atoms with E-state index in [1.807, 2.05) is 19.1 Å². The molecule has 1 unspecified atom stereocenters. The zero-order valence-corrected chi connectivity index (χ0v) is 13.6. The second kappa shape index (κ2) is 7.26. The Bertz CT molecular complexity index is 628. The Labute approximate surface area is 135 Å². The van der Waals surface area contributed by atoms with Gasteiger partial charge in [0, 0.05) is 11.1 Å². The summed E-state index contributed by atoms with van der Waals surface area (Å²) in [7, 11) is 0. The Balaban J connectivity index is 1.98. The van der Waals surface area contributed by atoms with Crippen LogP contribution in [-0.4, -0.2) is 6.54 Å². The van der Waals surface area contributed by atoms with Crippen molar-refractivity contribution in [3.05, 3.63) is 69.0 Å². The molecule has 0 aliphatic carbocycles. The smallest absolute Gasteiger partial charge is 0.142 e. The third kappa shape index (κ3) is 4.19. The minimum atomic E-state index is -0.441. The summed E-state index contributed by atoms with van der Waals surface area (Å²) in [6.07, 6.45) is 0.921. The molecule has 2 aromatic carbocycles. The molecule has 4 heteroatoms. The van der Waals surface area contributed by atoms with E-state index >= 15 is 0 Å². The van der Waals surface area contributed by atoms with Gasteiger partial charge in [-0.1, -0.05) is 47.5 Å². The monoisotopic (exact) mass is 325 g/mol. The Morgan fingerprint density at radius 1 is 1.14 bits per heavy atom. The van der Waals surface area contributed by atoms with Gasteiger partial charge in [-0.15, -0.1) is 0 Å². The fourth-order valence-corrected chi connectivity index (χ4v) is 2.84. The van der Waals surface area contributed by atoms with Crippen molar-refractivity contribution in [2.24, 2.45) is 0 Å². The highest BCUT2D eigenvalue weighted by Crippen LogP contribution is 2.28. The summed E-state index contributed by atoms with van der Waals surface area (Å²) in [5.74, 6) is -0.441. The van der Waals surface area contributed by atoms with E-state index in [9.17, 15) is 4.39 Å². The Kier molecular flexibility index (Phi) is 5.63. The van der Waals surface area contributed by atoms with Crippen molar-refractivity contribution >= 4 is 23.2 Å². The van der Waals surface area contributed by atoms with Crippen LogP contribution in [0.3, 0.4) is 0 Å². The van der Waals surface area contributed by atoms with Gasteiger partial charge >= 0.3 is 0 Å². The van der Waals surface area contributed by atoms with Crippen LogP contribution in [0.5, 0.6) is 0 Å². The number of hydrogen-bond acceptors (Lipinski definition) is 1. The molecule has 0 saturated carbocycles. The molecule has 1 nitrogen and oxygen atoms in total. The molecule has 0 aliphatic rings. The largest absolute Gasteiger partial charge is 0.310 e. The van der Waals surface area contributed by atoms with Crippen LogP contribution >= 0.6 is 23.2 Å². The molecule has 112 valence electrons. The van der Waals surface area contributed by atoms with Gasteiger partial charge in [-0.2, -0.15) is 0 Å². The summed E-state index contributed by atoms with van der Waals surface area (Å²) >= 11 is 11.8. The van der Waals surface area contributed by atoms with Crippen LogP contribution < -0.4 is 5.32 Å². The lowest BCUT2D eigenvalue weighted by Crippen LogP contribution is -2.22. The van der Waals surface area contributed by atoms with Gasteiger partial charge in [0.15, 0.2) is 0 Å². The SMILES string of the molecule is Cc1ccccc1CCNC(C)c1cc(F)c(Cl)cc1Cl. The highest BCUT2D eigenvalue weighted by molar-refractivity contribution is 6.35. The number of rotatable bonds is 5. The van der Waals surface area contributed by atoms with Gasteiger partial charge < -0.3 is 5.32 Å². The molecule has 0 radical (unpaired) electrons. The normalized spacial score (nSPS) is 12.4. The van der Waals surface area contributed by atoms with Crippen LogP contribution in [0, 0.1) is 12.7 Å². The molecule has 0 amide bonds. The second-order valence-electron chi connectivity index (χ2n) is 5.14. The lowest BCUT2D eigenvalue weighted by molar-refractivity contribution is 0.567. The molecule has 0 aromatic heterocycles. The fourth-order valence-electron chi connectivity index (χ4n) is 2.29. The minimum Gasteiger partial charge on any atom is -0.310 e.